The molecule has 7 heteroatoms. The average Bonchev–Trinajstić information content (AvgIpc) is 3.37. The van der Waals surface area contributed by atoms with Gasteiger partial charge in [-0.2, -0.15) is 5.10 Å². The fourth-order valence-electron chi connectivity index (χ4n) is 3.28. The normalized spacial score (nSPS) is 17.0. The topological polar surface area (TPSA) is 85.0 Å². The van der Waals surface area contributed by atoms with Gasteiger partial charge in [-0.1, -0.05) is 18.2 Å². The van der Waals surface area contributed by atoms with Crippen LogP contribution in [0.15, 0.2) is 53.3 Å². The number of oxazole rings is 1. The number of carbonyl (C=O) groups excluding carboxylic acids is 1. The number of nitrogens with zero attached hydrogens (tertiary/aromatic N) is 3. The first kappa shape index (κ1) is 17.5. The number of nitrogens with one attached hydrogen (secondary N) is 2. The van der Waals surface area contributed by atoms with Gasteiger partial charge in [0.25, 0.3) is 0 Å². The Balaban J connectivity index is 1.29. The summed E-state index contributed by atoms with van der Waals surface area (Å²) in [7, 11) is 0. The lowest BCUT2D eigenvalue weighted by Gasteiger charge is -2.20. The van der Waals surface area contributed by atoms with Crippen molar-refractivity contribution in [3.05, 3.63) is 60.2 Å². The molecule has 4 rings (SSSR count). The lowest BCUT2D eigenvalue weighted by Crippen LogP contribution is -2.29. The van der Waals surface area contributed by atoms with Gasteiger partial charge in [-0.05, 0) is 37.6 Å². The van der Waals surface area contributed by atoms with E-state index in [-0.39, 0.29) is 12.5 Å². The third-order valence-electron chi connectivity index (χ3n) is 4.72. The first-order valence-corrected chi connectivity index (χ1v) is 9.28. The molecule has 7 nitrogen and oxygen atoms in total. The summed E-state index contributed by atoms with van der Waals surface area (Å²) in [5.74, 6) is 0.892. The van der Waals surface area contributed by atoms with Gasteiger partial charge in [0.2, 0.25) is 11.8 Å². The second kappa shape index (κ2) is 8.18. The van der Waals surface area contributed by atoms with Crippen molar-refractivity contribution in [3.63, 3.8) is 0 Å². The molecule has 0 bridgehead atoms. The molecule has 1 aromatic carbocycles. The number of benzene rings is 1. The van der Waals surface area contributed by atoms with Gasteiger partial charge in [-0.25, -0.2) is 4.98 Å². The highest BCUT2D eigenvalue weighted by atomic mass is 16.3. The number of hydrogen-bond acceptors (Lipinski definition) is 5. The zero-order valence-electron chi connectivity index (χ0n) is 15.1. The van der Waals surface area contributed by atoms with Crippen LogP contribution in [-0.4, -0.2) is 33.8 Å². The molecule has 140 valence electrons. The molecular formula is C20H23N5O2. The van der Waals surface area contributed by atoms with Crippen molar-refractivity contribution in [1.82, 2.24) is 25.4 Å². The lowest BCUT2D eigenvalue weighted by molar-refractivity contribution is -0.122. The molecule has 27 heavy (non-hydrogen) atoms. The fourth-order valence-corrected chi connectivity index (χ4v) is 3.28. The number of amides is 1. The zero-order valence-corrected chi connectivity index (χ0v) is 15.1. The van der Waals surface area contributed by atoms with Gasteiger partial charge in [0.15, 0.2) is 0 Å². The second-order valence-corrected chi connectivity index (χ2v) is 6.77. The molecule has 3 heterocycles. The molecule has 1 atom stereocenters. The van der Waals surface area contributed by atoms with Crippen LogP contribution in [0.25, 0.3) is 11.5 Å². The van der Waals surface area contributed by atoms with Gasteiger partial charge in [-0.3, -0.25) is 9.48 Å². The highest BCUT2D eigenvalue weighted by Crippen LogP contribution is 2.21. The molecule has 1 fully saturated rings. The average molecular weight is 365 g/mol. The molecule has 2 aromatic heterocycles. The van der Waals surface area contributed by atoms with Gasteiger partial charge in [0.05, 0.1) is 17.9 Å². The lowest BCUT2D eigenvalue weighted by atomic mass is 9.97. The Morgan fingerprint density at radius 3 is 3.00 bits per heavy atom. The SMILES string of the molecule is O=C(Cn1ccc(C2CCCNC2)n1)NCc1coc(-c2ccccc2)n1. The molecule has 1 aliphatic rings. The molecule has 0 aliphatic carbocycles. The fraction of sp³-hybridized carbons (Fsp3) is 0.350. The molecule has 1 amide bonds. The smallest absolute Gasteiger partial charge is 0.242 e. The monoisotopic (exact) mass is 365 g/mol. The maximum atomic E-state index is 12.2. The van der Waals surface area contributed by atoms with Crippen LogP contribution in [0, 0.1) is 0 Å². The summed E-state index contributed by atoms with van der Waals surface area (Å²) in [6, 6.07) is 11.7. The van der Waals surface area contributed by atoms with Crippen molar-refractivity contribution in [2.24, 2.45) is 0 Å². The van der Waals surface area contributed by atoms with Gasteiger partial charge < -0.3 is 15.1 Å². The van der Waals surface area contributed by atoms with E-state index in [4.69, 9.17) is 4.42 Å². The number of carbonyl (C=O) groups is 1. The van der Waals surface area contributed by atoms with E-state index in [1.54, 1.807) is 10.9 Å². The van der Waals surface area contributed by atoms with Crippen LogP contribution in [0.1, 0.15) is 30.1 Å². The van der Waals surface area contributed by atoms with E-state index >= 15 is 0 Å². The summed E-state index contributed by atoms with van der Waals surface area (Å²) in [5.41, 5.74) is 2.66. The van der Waals surface area contributed by atoms with Crippen molar-refractivity contribution in [2.75, 3.05) is 13.1 Å². The molecule has 0 spiro atoms. The highest BCUT2D eigenvalue weighted by Gasteiger charge is 2.18. The number of piperidine rings is 1. The minimum atomic E-state index is -0.101. The Hall–Kier alpha value is -2.93. The summed E-state index contributed by atoms with van der Waals surface area (Å²) in [6.07, 6.45) is 5.75. The summed E-state index contributed by atoms with van der Waals surface area (Å²) in [5, 5.41) is 10.8. The van der Waals surface area contributed by atoms with Crippen molar-refractivity contribution >= 4 is 5.91 Å². The van der Waals surface area contributed by atoms with Crippen LogP contribution < -0.4 is 10.6 Å². The van der Waals surface area contributed by atoms with Crippen LogP contribution in [0.4, 0.5) is 0 Å². The van der Waals surface area contributed by atoms with Gasteiger partial charge >= 0.3 is 0 Å². The predicted molar refractivity (Wildman–Crippen MR) is 101 cm³/mol. The molecule has 0 radical (unpaired) electrons. The van der Waals surface area contributed by atoms with Crippen molar-refractivity contribution in [2.45, 2.75) is 31.8 Å². The number of aromatic nitrogens is 3. The Bertz CT molecular complexity index is 881. The Kier molecular flexibility index (Phi) is 5.29. The van der Waals surface area contributed by atoms with Gasteiger partial charge in [-0.15, -0.1) is 0 Å². The van der Waals surface area contributed by atoms with Crippen LogP contribution in [0.5, 0.6) is 0 Å². The maximum absolute atomic E-state index is 12.2. The Morgan fingerprint density at radius 2 is 2.19 bits per heavy atom. The summed E-state index contributed by atoms with van der Waals surface area (Å²) < 4.78 is 7.18. The second-order valence-electron chi connectivity index (χ2n) is 6.77. The molecule has 2 N–H and O–H groups in total. The first-order valence-electron chi connectivity index (χ1n) is 9.28. The zero-order chi connectivity index (χ0) is 18.5. The van der Waals surface area contributed by atoms with Crippen LogP contribution >= 0.6 is 0 Å². The van der Waals surface area contributed by atoms with E-state index in [1.165, 1.54) is 6.42 Å². The Morgan fingerprint density at radius 1 is 1.30 bits per heavy atom. The number of rotatable bonds is 6. The van der Waals surface area contributed by atoms with E-state index < -0.39 is 0 Å². The third-order valence-corrected chi connectivity index (χ3v) is 4.72. The van der Waals surface area contributed by atoms with Crippen LogP contribution in [0.2, 0.25) is 0 Å². The summed E-state index contributed by atoms with van der Waals surface area (Å²) >= 11 is 0. The molecular weight excluding hydrogens is 342 g/mol. The van der Waals surface area contributed by atoms with Crippen molar-refractivity contribution < 1.29 is 9.21 Å². The van der Waals surface area contributed by atoms with Crippen LogP contribution in [0.3, 0.4) is 0 Å². The minimum Gasteiger partial charge on any atom is -0.444 e. The summed E-state index contributed by atoms with van der Waals surface area (Å²) in [6.45, 7) is 2.56. The van der Waals surface area contributed by atoms with E-state index in [0.29, 0.717) is 24.0 Å². The maximum Gasteiger partial charge on any atom is 0.242 e. The number of hydrogen-bond donors (Lipinski definition) is 2. The van der Waals surface area contributed by atoms with E-state index in [0.717, 1.165) is 30.8 Å². The van der Waals surface area contributed by atoms with Gasteiger partial charge in [0.1, 0.15) is 12.8 Å². The van der Waals surface area contributed by atoms with Crippen molar-refractivity contribution in [1.29, 1.82) is 0 Å². The third kappa shape index (κ3) is 4.43. The first-order chi connectivity index (χ1) is 13.3. The minimum absolute atomic E-state index is 0.101. The van der Waals surface area contributed by atoms with E-state index in [9.17, 15) is 4.79 Å². The molecule has 1 unspecified atom stereocenters. The largest absolute Gasteiger partial charge is 0.444 e. The molecule has 1 aliphatic heterocycles. The van der Waals surface area contributed by atoms with Gasteiger partial charge in [0, 0.05) is 24.2 Å². The van der Waals surface area contributed by atoms with Crippen molar-refractivity contribution in [3.8, 4) is 11.5 Å². The quantitative estimate of drug-likeness (QED) is 0.700. The van der Waals surface area contributed by atoms with E-state index in [1.807, 2.05) is 42.6 Å². The van der Waals surface area contributed by atoms with E-state index in [2.05, 4.69) is 20.7 Å². The molecule has 1 saturated heterocycles. The summed E-state index contributed by atoms with van der Waals surface area (Å²) in [4.78, 5) is 16.6. The standard InChI is InChI=1S/C20H23N5O2/c26-19(13-25-10-8-18(24-25)16-7-4-9-21-11-16)22-12-17-14-27-20(23-17)15-5-2-1-3-6-15/h1-3,5-6,8,10,14,16,21H,4,7,9,11-13H2,(H,22,26). The van der Waals surface area contributed by atoms with Crippen LogP contribution in [-0.2, 0) is 17.9 Å². The molecule has 0 saturated carbocycles. The highest BCUT2D eigenvalue weighted by molar-refractivity contribution is 5.75. The Labute approximate surface area is 157 Å². The molecule has 3 aromatic rings. The predicted octanol–water partition coefficient (Wildman–Crippen LogP) is 2.32.